The van der Waals surface area contributed by atoms with Gasteiger partial charge in [0.1, 0.15) is 6.29 Å². The summed E-state index contributed by atoms with van der Waals surface area (Å²) in [7, 11) is 0. The summed E-state index contributed by atoms with van der Waals surface area (Å²) in [5, 5.41) is 0. The lowest BCUT2D eigenvalue weighted by Gasteiger charge is -2.17. The molecule has 0 N–H and O–H groups in total. The molecule has 1 amide bonds. The average molecular weight is 169 g/mol. The first-order valence-corrected chi connectivity index (χ1v) is 4.11. The maximum atomic E-state index is 11.1. The number of nitrogens with zero attached hydrogens (tertiary/aromatic N) is 1. The van der Waals surface area contributed by atoms with Crippen LogP contribution in [0.1, 0.15) is 19.8 Å². The van der Waals surface area contributed by atoms with E-state index in [2.05, 4.69) is 6.58 Å². The Morgan fingerprint density at radius 2 is 2.25 bits per heavy atom. The van der Waals surface area contributed by atoms with Gasteiger partial charge in [0.15, 0.2) is 0 Å². The van der Waals surface area contributed by atoms with Crippen molar-refractivity contribution in [2.75, 3.05) is 13.1 Å². The zero-order valence-corrected chi connectivity index (χ0v) is 7.45. The van der Waals surface area contributed by atoms with Crippen LogP contribution in [0.15, 0.2) is 12.7 Å². The Hall–Kier alpha value is -1.12. The van der Waals surface area contributed by atoms with Gasteiger partial charge >= 0.3 is 0 Å². The zero-order valence-electron chi connectivity index (χ0n) is 7.45. The summed E-state index contributed by atoms with van der Waals surface area (Å²) in [4.78, 5) is 22.7. The summed E-state index contributed by atoms with van der Waals surface area (Å²) >= 11 is 0. The maximum Gasteiger partial charge on any atom is 0.245 e. The largest absolute Gasteiger partial charge is 0.339 e. The van der Waals surface area contributed by atoms with Crippen LogP contribution in [0, 0.1) is 0 Å². The van der Waals surface area contributed by atoms with Crippen LogP contribution < -0.4 is 0 Å². The fourth-order valence-corrected chi connectivity index (χ4v) is 0.919. The second-order valence-corrected chi connectivity index (χ2v) is 2.43. The first kappa shape index (κ1) is 10.9. The van der Waals surface area contributed by atoms with E-state index in [0.717, 1.165) is 12.7 Å². The van der Waals surface area contributed by atoms with Gasteiger partial charge in [0.2, 0.25) is 5.91 Å². The Kier molecular flexibility index (Phi) is 5.97. The van der Waals surface area contributed by atoms with Crippen LogP contribution in [-0.4, -0.2) is 30.2 Å². The molecule has 68 valence electrons. The van der Waals surface area contributed by atoms with Crippen LogP contribution in [0.3, 0.4) is 0 Å². The highest BCUT2D eigenvalue weighted by Gasteiger charge is 2.05. The molecule has 0 rings (SSSR count). The third kappa shape index (κ3) is 3.91. The van der Waals surface area contributed by atoms with Gasteiger partial charge in [0, 0.05) is 19.5 Å². The van der Waals surface area contributed by atoms with E-state index in [-0.39, 0.29) is 5.91 Å². The molecule has 0 aromatic carbocycles. The molecule has 0 fully saturated rings. The summed E-state index contributed by atoms with van der Waals surface area (Å²) in [6, 6.07) is 0. The van der Waals surface area contributed by atoms with Gasteiger partial charge < -0.3 is 9.69 Å². The predicted molar refractivity (Wildman–Crippen MR) is 47.7 cm³/mol. The van der Waals surface area contributed by atoms with Crippen molar-refractivity contribution >= 4 is 12.2 Å². The van der Waals surface area contributed by atoms with Crippen molar-refractivity contribution in [3.8, 4) is 0 Å². The van der Waals surface area contributed by atoms with Crippen LogP contribution in [-0.2, 0) is 9.59 Å². The van der Waals surface area contributed by atoms with Crippen molar-refractivity contribution in [2.45, 2.75) is 19.8 Å². The van der Waals surface area contributed by atoms with Crippen molar-refractivity contribution in [3.05, 3.63) is 12.7 Å². The van der Waals surface area contributed by atoms with E-state index < -0.39 is 0 Å². The van der Waals surface area contributed by atoms with Crippen molar-refractivity contribution in [3.63, 3.8) is 0 Å². The number of amides is 1. The lowest BCUT2D eigenvalue weighted by molar-refractivity contribution is -0.126. The van der Waals surface area contributed by atoms with Crippen molar-refractivity contribution in [2.24, 2.45) is 0 Å². The van der Waals surface area contributed by atoms with Gasteiger partial charge in [0.05, 0.1) is 0 Å². The van der Waals surface area contributed by atoms with Crippen LogP contribution in [0.4, 0.5) is 0 Å². The number of carbonyl (C=O) groups is 2. The highest BCUT2D eigenvalue weighted by molar-refractivity contribution is 5.86. The number of rotatable bonds is 6. The molecule has 0 aliphatic carbocycles. The van der Waals surface area contributed by atoms with E-state index in [1.165, 1.54) is 6.08 Å². The monoisotopic (exact) mass is 169 g/mol. The summed E-state index contributed by atoms with van der Waals surface area (Å²) < 4.78 is 0. The zero-order chi connectivity index (χ0) is 9.40. The van der Waals surface area contributed by atoms with Gasteiger partial charge in [-0.3, -0.25) is 4.79 Å². The lowest BCUT2D eigenvalue weighted by Crippen LogP contribution is -2.30. The minimum absolute atomic E-state index is 0.0663. The first-order valence-electron chi connectivity index (χ1n) is 4.11. The highest BCUT2D eigenvalue weighted by atomic mass is 16.2. The Morgan fingerprint density at radius 1 is 1.58 bits per heavy atom. The molecule has 0 heterocycles. The smallest absolute Gasteiger partial charge is 0.245 e. The molecule has 0 atom stereocenters. The highest BCUT2D eigenvalue weighted by Crippen LogP contribution is 1.94. The van der Waals surface area contributed by atoms with Crippen molar-refractivity contribution < 1.29 is 9.59 Å². The standard InChI is InChI=1S/C9H15NO2/c1-3-9(12)10(4-2)7-5-6-8-11/h3,8H,1,4-7H2,2H3. The number of unbranched alkanes of at least 4 members (excludes halogenated alkanes) is 1. The van der Waals surface area contributed by atoms with Crippen LogP contribution in [0.2, 0.25) is 0 Å². The SMILES string of the molecule is C=CC(=O)N(CC)CCCC=O. The number of likely N-dealkylation sites (N-methyl/N-ethyl adjacent to an activating group) is 1. The lowest BCUT2D eigenvalue weighted by atomic mass is 10.3. The van der Waals surface area contributed by atoms with Gasteiger partial charge in [-0.1, -0.05) is 6.58 Å². The van der Waals surface area contributed by atoms with Crippen molar-refractivity contribution in [1.29, 1.82) is 0 Å². The van der Waals surface area contributed by atoms with Crippen LogP contribution in [0.25, 0.3) is 0 Å². The minimum atomic E-state index is -0.0663. The maximum absolute atomic E-state index is 11.1. The van der Waals surface area contributed by atoms with Gasteiger partial charge in [-0.25, -0.2) is 0 Å². The molecule has 0 unspecified atom stereocenters. The van der Waals surface area contributed by atoms with E-state index in [4.69, 9.17) is 0 Å². The molecule has 0 aliphatic rings. The Labute approximate surface area is 73.1 Å². The Bertz CT molecular complexity index is 166. The third-order valence-corrected chi connectivity index (χ3v) is 1.62. The summed E-state index contributed by atoms with van der Waals surface area (Å²) in [6.07, 6.45) is 3.41. The second kappa shape index (κ2) is 6.58. The molecule has 0 spiro atoms. The van der Waals surface area contributed by atoms with Crippen LogP contribution in [0.5, 0.6) is 0 Å². The second-order valence-electron chi connectivity index (χ2n) is 2.43. The number of carbonyl (C=O) groups excluding carboxylic acids is 2. The Balaban J connectivity index is 3.74. The van der Waals surface area contributed by atoms with Crippen LogP contribution >= 0.6 is 0 Å². The summed E-state index contributed by atoms with van der Waals surface area (Å²) in [5.74, 6) is -0.0663. The first-order chi connectivity index (χ1) is 5.76. The normalized spacial score (nSPS) is 9.08. The molecule has 0 bridgehead atoms. The topological polar surface area (TPSA) is 37.4 Å². The predicted octanol–water partition coefficient (Wildman–Crippen LogP) is 1.00. The quantitative estimate of drug-likeness (QED) is 0.338. The number of hydrogen-bond acceptors (Lipinski definition) is 2. The van der Waals surface area contributed by atoms with E-state index in [0.29, 0.717) is 19.5 Å². The summed E-state index contributed by atoms with van der Waals surface area (Å²) in [5.41, 5.74) is 0. The average Bonchev–Trinajstić information content (AvgIpc) is 2.11. The number of hydrogen-bond donors (Lipinski definition) is 0. The molecule has 3 heteroatoms. The van der Waals surface area contributed by atoms with Gasteiger partial charge in [-0.2, -0.15) is 0 Å². The molecule has 0 saturated heterocycles. The summed E-state index contributed by atoms with van der Waals surface area (Å²) in [6.45, 7) is 6.61. The molecule has 0 aromatic rings. The molecule has 12 heavy (non-hydrogen) atoms. The molecular weight excluding hydrogens is 154 g/mol. The van der Waals surface area contributed by atoms with E-state index >= 15 is 0 Å². The molecule has 0 aromatic heterocycles. The number of aldehydes is 1. The van der Waals surface area contributed by atoms with E-state index in [1.807, 2.05) is 6.92 Å². The third-order valence-electron chi connectivity index (χ3n) is 1.62. The molecule has 0 radical (unpaired) electrons. The van der Waals surface area contributed by atoms with Crippen molar-refractivity contribution in [1.82, 2.24) is 4.90 Å². The Morgan fingerprint density at radius 3 is 2.67 bits per heavy atom. The van der Waals surface area contributed by atoms with Gasteiger partial charge in [-0.15, -0.1) is 0 Å². The van der Waals surface area contributed by atoms with Gasteiger partial charge in [0.25, 0.3) is 0 Å². The molecule has 3 nitrogen and oxygen atoms in total. The van der Waals surface area contributed by atoms with E-state index in [1.54, 1.807) is 4.90 Å². The fourth-order valence-electron chi connectivity index (χ4n) is 0.919. The minimum Gasteiger partial charge on any atom is -0.339 e. The fraction of sp³-hybridized carbons (Fsp3) is 0.556. The van der Waals surface area contributed by atoms with Gasteiger partial charge in [-0.05, 0) is 19.4 Å². The van der Waals surface area contributed by atoms with E-state index in [9.17, 15) is 9.59 Å². The molecule has 0 aliphatic heterocycles. The molecular formula is C9H15NO2. The molecule has 0 saturated carbocycles.